The summed E-state index contributed by atoms with van der Waals surface area (Å²) < 4.78 is 27.3. The zero-order chi connectivity index (χ0) is 21.8. The molecule has 1 unspecified atom stereocenters. The zero-order valence-electron chi connectivity index (χ0n) is 17.7. The first-order valence-electron chi connectivity index (χ1n) is 9.41. The van der Waals surface area contributed by atoms with E-state index in [2.05, 4.69) is 14.7 Å². The Morgan fingerprint density at radius 3 is 2.59 bits per heavy atom. The number of ketones is 1. The van der Waals surface area contributed by atoms with Crippen molar-refractivity contribution in [1.82, 2.24) is 10.2 Å². The van der Waals surface area contributed by atoms with Crippen LogP contribution in [0.5, 0.6) is 5.75 Å². The Balaban J connectivity index is 2.18. The Labute approximate surface area is 170 Å². The molecule has 0 saturated carbocycles. The van der Waals surface area contributed by atoms with Gasteiger partial charge in [-0.3, -0.25) is 19.3 Å². The van der Waals surface area contributed by atoms with E-state index in [9.17, 15) is 14.3 Å². The van der Waals surface area contributed by atoms with Crippen LogP contribution in [0, 0.1) is 5.41 Å². The van der Waals surface area contributed by atoms with Crippen molar-refractivity contribution in [3.05, 3.63) is 29.5 Å². The van der Waals surface area contributed by atoms with Crippen molar-refractivity contribution in [2.24, 2.45) is 5.41 Å². The van der Waals surface area contributed by atoms with Gasteiger partial charge in [-0.05, 0) is 38.0 Å². The van der Waals surface area contributed by atoms with Gasteiger partial charge < -0.3 is 9.26 Å². The summed E-state index contributed by atoms with van der Waals surface area (Å²) in [6.07, 6.45) is 1.12. The van der Waals surface area contributed by atoms with Crippen LogP contribution in [0.2, 0.25) is 0 Å². The highest BCUT2D eigenvalue weighted by Gasteiger charge is 2.26. The Hall–Kier alpha value is -2.15. The maximum atomic E-state index is 12.2. The summed E-state index contributed by atoms with van der Waals surface area (Å²) >= 11 is 0. The molecule has 0 aliphatic heterocycles. The largest absolute Gasteiger partial charge is 0.527 e. The molecule has 2 N–H and O–H groups in total. The van der Waals surface area contributed by atoms with E-state index in [1.165, 1.54) is 0 Å². The standard InChI is InChI=1S/C20H29N2O6P/c1-7-20(4,5)17(23)10-11-27-14-8-9-15-16(12-14)21-22-18(15)19(13(2)3)28-29(24,25)26-6/h8-9,12H,7,10-11H2,1-6H3,(H,21,22)(H,24,25). The molecular weight excluding hydrogens is 395 g/mol. The highest BCUT2D eigenvalue weighted by Crippen LogP contribution is 2.48. The number of carbonyl (C=O) groups excluding carboxylic acids is 1. The molecule has 160 valence electrons. The minimum atomic E-state index is -4.22. The number of nitrogens with zero attached hydrogens (tertiary/aromatic N) is 1. The van der Waals surface area contributed by atoms with Gasteiger partial charge in [0, 0.05) is 30.4 Å². The molecule has 1 aromatic heterocycles. The van der Waals surface area contributed by atoms with E-state index in [1.807, 2.05) is 20.8 Å². The van der Waals surface area contributed by atoms with Crippen molar-refractivity contribution in [2.45, 2.75) is 47.5 Å². The summed E-state index contributed by atoms with van der Waals surface area (Å²) in [5.41, 5.74) is 1.39. The van der Waals surface area contributed by atoms with Crippen LogP contribution >= 0.6 is 7.82 Å². The Morgan fingerprint density at radius 1 is 1.31 bits per heavy atom. The fourth-order valence-corrected chi connectivity index (χ4v) is 3.16. The average Bonchev–Trinajstić information content (AvgIpc) is 3.08. The minimum absolute atomic E-state index is 0.168. The van der Waals surface area contributed by atoms with Gasteiger partial charge in [0.15, 0.2) is 5.76 Å². The maximum Gasteiger partial charge on any atom is 0.527 e. The summed E-state index contributed by atoms with van der Waals surface area (Å²) in [7, 11) is -3.12. The van der Waals surface area contributed by atoms with Gasteiger partial charge in [-0.1, -0.05) is 20.8 Å². The van der Waals surface area contributed by atoms with E-state index in [-0.39, 0.29) is 17.0 Å². The molecule has 1 heterocycles. The molecule has 0 saturated heterocycles. The number of aromatic amines is 1. The van der Waals surface area contributed by atoms with Crippen LogP contribution in [0.1, 0.15) is 53.2 Å². The molecule has 2 aromatic rings. The van der Waals surface area contributed by atoms with E-state index >= 15 is 0 Å². The summed E-state index contributed by atoms with van der Waals surface area (Å²) in [6, 6.07) is 5.30. The molecule has 0 aliphatic carbocycles. The summed E-state index contributed by atoms with van der Waals surface area (Å²) in [5.74, 6) is 0.936. The van der Waals surface area contributed by atoms with E-state index in [4.69, 9.17) is 9.26 Å². The lowest BCUT2D eigenvalue weighted by Gasteiger charge is -2.20. The van der Waals surface area contributed by atoms with Gasteiger partial charge in [-0.2, -0.15) is 5.10 Å². The molecular formula is C20H29N2O6P. The third-order valence-corrected chi connectivity index (χ3v) is 5.75. The first-order chi connectivity index (χ1) is 13.5. The fourth-order valence-electron chi connectivity index (χ4n) is 2.58. The van der Waals surface area contributed by atoms with Crippen LogP contribution in [-0.2, 0) is 18.4 Å². The quantitative estimate of drug-likeness (QED) is 0.414. The molecule has 0 fully saturated rings. The van der Waals surface area contributed by atoms with Gasteiger partial charge in [-0.25, -0.2) is 4.57 Å². The van der Waals surface area contributed by atoms with Crippen molar-refractivity contribution in [2.75, 3.05) is 13.7 Å². The molecule has 0 spiro atoms. The van der Waals surface area contributed by atoms with Crippen LogP contribution in [0.25, 0.3) is 16.7 Å². The van der Waals surface area contributed by atoms with Crippen LogP contribution < -0.4 is 4.74 Å². The smallest absolute Gasteiger partial charge is 0.493 e. The number of H-pyrrole nitrogens is 1. The number of fused-ring (bicyclic) bond motifs is 1. The molecule has 1 atom stereocenters. The third-order valence-electron chi connectivity index (χ3n) is 4.88. The molecule has 0 aliphatic rings. The van der Waals surface area contributed by atoms with Crippen LogP contribution in [0.4, 0.5) is 0 Å². The molecule has 2 rings (SSSR count). The number of aromatic nitrogens is 2. The van der Waals surface area contributed by atoms with Gasteiger partial charge in [0.1, 0.15) is 17.2 Å². The number of rotatable bonds is 10. The number of carbonyl (C=O) groups is 1. The van der Waals surface area contributed by atoms with E-state index in [0.29, 0.717) is 40.9 Å². The van der Waals surface area contributed by atoms with Crippen molar-refractivity contribution >= 4 is 30.3 Å². The molecule has 0 bridgehead atoms. The van der Waals surface area contributed by atoms with Crippen molar-refractivity contribution in [1.29, 1.82) is 0 Å². The maximum absolute atomic E-state index is 12.2. The Kier molecular flexibility index (Phi) is 7.27. The molecule has 8 nitrogen and oxygen atoms in total. The van der Waals surface area contributed by atoms with Gasteiger partial charge in [0.2, 0.25) is 0 Å². The highest BCUT2D eigenvalue weighted by molar-refractivity contribution is 7.47. The minimum Gasteiger partial charge on any atom is -0.493 e. The van der Waals surface area contributed by atoms with Crippen LogP contribution in [0.3, 0.4) is 0 Å². The number of benzene rings is 1. The molecule has 29 heavy (non-hydrogen) atoms. The molecule has 9 heteroatoms. The van der Waals surface area contributed by atoms with E-state index in [0.717, 1.165) is 13.5 Å². The topological polar surface area (TPSA) is 111 Å². The van der Waals surface area contributed by atoms with Gasteiger partial charge in [0.25, 0.3) is 0 Å². The van der Waals surface area contributed by atoms with Gasteiger partial charge in [0.05, 0.1) is 12.1 Å². The monoisotopic (exact) mass is 424 g/mol. The zero-order valence-corrected chi connectivity index (χ0v) is 18.6. The predicted octanol–water partition coefficient (Wildman–Crippen LogP) is 4.85. The summed E-state index contributed by atoms with van der Waals surface area (Å²) in [6.45, 7) is 9.65. The van der Waals surface area contributed by atoms with Crippen molar-refractivity contribution in [3.8, 4) is 5.75 Å². The number of ether oxygens (including phenoxy) is 1. The van der Waals surface area contributed by atoms with Gasteiger partial charge in [-0.15, -0.1) is 0 Å². The highest BCUT2D eigenvalue weighted by atomic mass is 31.2. The number of Topliss-reactive ketones (excluding diaryl/α,β-unsaturated/α-hetero) is 1. The molecule has 1 aromatic carbocycles. The van der Waals surface area contributed by atoms with Crippen LogP contribution in [0.15, 0.2) is 23.8 Å². The first kappa shape index (κ1) is 23.1. The van der Waals surface area contributed by atoms with Crippen molar-refractivity contribution < 1.29 is 28.0 Å². The van der Waals surface area contributed by atoms with E-state index < -0.39 is 7.82 Å². The van der Waals surface area contributed by atoms with Crippen LogP contribution in [-0.4, -0.2) is 34.6 Å². The normalized spacial score (nSPS) is 13.8. The van der Waals surface area contributed by atoms with Gasteiger partial charge >= 0.3 is 7.82 Å². The predicted molar refractivity (Wildman–Crippen MR) is 111 cm³/mol. The fraction of sp³-hybridized carbons (Fsp3) is 0.500. The Bertz CT molecular complexity index is 959. The number of phosphoric ester groups is 1. The lowest BCUT2D eigenvalue weighted by molar-refractivity contribution is -0.127. The SMILES string of the molecule is CCC(C)(C)C(=O)CCOc1ccc2c(C(OP(=O)(O)OC)=C(C)C)n[nH]c2c1. The second-order valence-corrected chi connectivity index (χ2v) is 9.10. The number of hydrogen-bond acceptors (Lipinski definition) is 6. The van der Waals surface area contributed by atoms with Crippen molar-refractivity contribution in [3.63, 3.8) is 0 Å². The number of phosphoric acid groups is 1. The molecule has 0 radical (unpaired) electrons. The summed E-state index contributed by atoms with van der Waals surface area (Å²) in [4.78, 5) is 21.9. The average molecular weight is 424 g/mol. The lowest BCUT2D eigenvalue weighted by Crippen LogP contribution is -2.24. The Morgan fingerprint density at radius 2 is 2.00 bits per heavy atom. The lowest BCUT2D eigenvalue weighted by atomic mass is 9.84. The first-order valence-corrected chi connectivity index (χ1v) is 10.9. The number of allylic oxidation sites excluding steroid dienone is 1. The van der Waals surface area contributed by atoms with E-state index in [1.54, 1.807) is 32.0 Å². The third kappa shape index (κ3) is 5.69. The molecule has 0 amide bonds. The second-order valence-electron chi connectivity index (χ2n) is 7.61. The second kappa shape index (κ2) is 9.11. The summed E-state index contributed by atoms with van der Waals surface area (Å²) in [5, 5.41) is 7.80. The number of nitrogens with one attached hydrogen (secondary N) is 1. The number of hydrogen-bond donors (Lipinski definition) is 2.